The number of rotatable bonds is 1. The van der Waals surface area contributed by atoms with E-state index >= 15 is 0 Å². The normalized spacial score (nSPS) is 37.1. The van der Waals surface area contributed by atoms with Gasteiger partial charge in [0.2, 0.25) is 5.79 Å². The summed E-state index contributed by atoms with van der Waals surface area (Å²) in [6, 6.07) is 0. The summed E-state index contributed by atoms with van der Waals surface area (Å²) in [6.07, 6.45) is 2.84. The maximum absolute atomic E-state index is 11.5. The lowest BCUT2D eigenvalue weighted by molar-refractivity contribution is -0.202. The lowest BCUT2D eigenvalue weighted by Gasteiger charge is -2.36. The van der Waals surface area contributed by atoms with Crippen LogP contribution in [0.1, 0.15) is 33.1 Å². The quantitative estimate of drug-likeness (QED) is 0.602. The average molecular weight is 196 g/mol. The van der Waals surface area contributed by atoms with Crippen LogP contribution in [0, 0.1) is 5.92 Å². The fourth-order valence-corrected chi connectivity index (χ4v) is 2.44. The Balaban J connectivity index is 2.38. The SMILES string of the molecule is CO[C@@]12C[C@H](C)CCC1=C(C)C(=O)O2. The molecule has 0 saturated heterocycles. The number of ether oxygens (including phenoxy) is 2. The maximum atomic E-state index is 11.5. The predicted molar refractivity (Wildman–Crippen MR) is 51.5 cm³/mol. The monoisotopic (exact) mass is 196 g/mol. The minimum atomic E-state index is -0.723. The predicted octanol–water partition coefficient (Wildman–Crippen LogP) is 2.02. The first-order valence-electron chi connectivity index (χ1n) is 5.08. The van der Waals surface area contributed by atoms with Gasteiger partial charge in [-0.2, -0.15) is 0 Å². The summed E-state index contributed by atoms with van der Waals surface area (Å²) in [6.45, 7) is 3.99. The van der Waals surface area contributed by atoms with Crippen molar-refractivity contribution in [1.29, 1.82) is 0 Å². The molecule has 1 aliphatic heterocycles. The Morgan fingerprint density at radius 3 is 2.93 bits per heavy atom. The molecule has 3 heteroatoms. The Morgan fingerprint density at radius 2 is 2.29 bits per heavy atom. The summed E-state index contributed by atoms with van der Waals surface area (Å²) >= 11 is 0. The van der Waals surface area contributed by atoms with E-state index in [-0.39, 0.29) is 5.97 Å². The second-order valence-corrected chi connectivity index (χ2v) is 4.30. The van der Waals surface area contributed by atoms with Gasteiger partial charge in [0.25, 0.3) is 0 Å². The molecule has 1 aliphatic carbocycles. The summed E-state index contributed by atoms with van der Waals surface area (Å²) in [5, 5.41) is 0. The van der Waals surface area contributed by atoms with Gasteiger partial charge in [-0.3, -0.25) is 0 Å². The van der Waals surface area contributed by atoms with Crippen molar-refractivity contribution in [2.45, 2.75) is 38.9 Å². The minimum absolute atomic E-state index is 0.212. The summed E-state index contributed by atoms with van der Waals surface area (Å²) in [7, 11) is 1.62. The number of methoxy groups -OCH3 is 1. The zero-order valence-corrected chi connectivity index (χ0v) is 8.92. The van der Waals surface area contributed by atoms with Crippen LogP contribution in [-0.2, 0) is 14.3 Å². The molecule has 0 bridgehead atoms. The molecule has 14 heavy (non-hydrogen) atoms. The fraction of sp³-hybridized carbons (Fsp3) is 0.727. The molecule has 78 valence electrons. The van der Waals surface area contributed by atoms with Crippen molar-refractivity contribution in [3.05, 3.63) is 11.1 Å². The van der Waals surface area contributed by atoms with Crippen molar-refractivity contribution in [2.24, 2.45) is 5.92 Å². The van der Waals surface area contributed by atoms with Crippen molar-refractivity contribution in [3.63, 3.8) is 0 Å². The third-order valence-corrected chi connectivity index (χ3v) is 3.31. The van der Waals surface area contributed by atoms with Gasteiger partial charge >= 0.3 is 5.97 Å². The van der Waals surface area contributed by atoms with Crippen LogP contribution in [-0.4, -0.2) is 18.9 Å². The van der Waals surface area contributed by atoms with Crippen LogP contribution in [0.2, 0.25) is 0 Å². The van der Waals surface area contributed by atoms with Gasteiger partial charge in [-0.15, -0.1) is 0 Å². The summed E-state index contributed by atoms with van der Waals surface area (Å²) in [4.78, 5) is 11.5. The van der Waals surface area contributed by atoms with Gasteiger partial charge in [-0.05, 0) is 25.7 Å². The molecule has 0 spiro atoms. The number of carbonyl (C=O) groups excluding carboxylic acids is 1. The first-order valence-corrected chi connectivity index (χ1v) is 5.08. The van der Waals surface area contributed by atoms with Crippen molar-refractivity contribution < 1.29 is 14.3 Å². The van der Waals surface area contributed by atoms with E-state index in [2.05, 4.69) is 6.92 Å². The van der Waals surface area contributed by atoms with Gasteiger partial charge in [-0.1, -0.05) is 6.92 Å². The van der Waals surface area contributed by atoms with Gasteiger partial charge in [0, 0.05) is 24.7 Å². The van der Waals surface area contributed by atoms with Crippen LogP contribution in [0.3, 0.4) is 0 Å². The molecule has 2 aliphatic rings. The van der Waals surface area contributed by atoms with Gasteiger partial charge in [0.15, 0.2) is 0 Å². The number of fused-ring (bicyclic) bond motifs is 1. The Hall–Kier alpha value is -0.830. The van der Waals surface area contributed by atoms with E-state index in [0.29, 0.717) is 5.92 Å². The summed E-state index contributed by atoms with van der Waals surface area (Å²) in [5.74, 6) is -0.382. The van der Waals surface area contributed by atoms with Gasteiger partial charge in [-0.25, -0.2) is 4.79 Å². The first kappa shape index (κ1) is 9.71. The minimum Gasteiger partial charge on any atom is -0.426 e. The molecule has 2 rings (SSSR count). The highest BCUT2D eigenvalue weighted by atomic mass is 16.7. The van der Waals surface area contributed by atoms with E-state index in [9.17, 15) is 4.79 Å². The largest absolute Gasteiger partial charge is 0.426 e. The fourth-order valence-electron chi connectivity index (χ4n) is 2.44. The Kier molecular flexibility index (Phi) is 2.14. The molecule has 0 amide bonds. The average Bonchev–Trinajstić information content (AvgIpc) is 2.40. The molecule has 0 aromatic carbocycles. The third kappa shape index (κ3) is 1.19. The number of hydrogen-bond acceptors (Lipinski definition) is 3. The Labute approximate surface area is 84.1 Å². The standard InChI is InChI=1S/C11H16O3/c1-7-4-5-9-8(2)10(12)14-11(9,6-7)13-3/h7H,4-6H2,1-3H3/t7-,11-/m1/s1. The molecule has 0 aromatic rings. The molecule has 0 aromatic heterocycles. The van der Waals surface area contributed by atoms with Gasteiger partial charge < -0.3 is 9.47 Å². The van der Waals surface area contributed by atoms with Crippen LogP contribution >= 0.6 is 0 Å². The molecular formula is C11H16O3. The molecule has 1 heterocycles. The van der Waals surface area contributed by atoms with Crippen molar-refractivity contribution >= 4 is 5.97 Å². The maximum Gasteiger partial charge on any atom is 0.336 e. The molecule has 1 saturated carbocycles. The number of carbonyl (C=O) groups is 1. The lowest BCUT2D eigenvalue weighted by atomic mass is 9.81. The van der Waals surface area contributed by atoms with E-state index in [1.165, 1.54) is 0 Å². The first-order chi connectivity index (χ1) is 6.59. The van der Waals surface area contributed by atoms with E-state index in [1.54, 1.807) is 7.11 Å². The van der Waals surface area contributed by atoms with Gasteiger partial charge in [0.1, 0.15) is 0 Å². The third-order valence-electron chi connectivity index (χ3n) is 3.31. The molecule has 0 N–H and O–H groups in total. The Morgan fingerprint density at radius 1 is 1.57 bits per heavy atom. The van der Waals surface area contributed by atoms with Crippen LogP contribution in [0.25, 0.3) is 0 Å². The van der Waals surface area contributed by atoms with Crippen LogP contribution in [0.15, 0.2) is 11.1 Å². The highest BCUT2D eigenvalue weighted by molar-refractivity contribution is 5.92. The van der Waals surface area contributed by atoms with Gasteiger partial charge in [0.05, 0.1) is 0 Å². The second kappa shape index (κ2) is 3.09. The lowest BCUT2D eigenvalue weighted by Crippen LogP contribution is -2.39. The highest BCUT2D eigenvalue weighted by Crippen LogP contribution is 2.45. The van der Waals surface area contributed by atoms with E-state index in [0.717, 1.165) is 30.4 Å². The molecular weight excluding hydrogens is 180 g/mol. The zero-order chi connectivity index (χ0) is 10.3. The van der Waals surface area contributed by atoms with Crippen molar-refractivity contribution in [3.8, 4) is 0 Å². The smallest absolute Gasteiger partial charge is 0.336 e. The molecule has 1 fully saturated rings. The van der Waals surface area contributed by atoms with E-state index in [1.807, 2.05) is 6.92 Å². The molecule has 0 unspecified atom stereocenters. The van der Waals surface area contributed by atoms with Crippen molar-refractivity contribution in [1.82, 2.24) is 0 Å². The zero-order valence-electron chi connectivity index (χ0n) is 8.92. The van der Waals surface area contributed by atoms with E-state index < -0.39 is 5.79 Å². The summed E-state index contributed by atoms with van der Waals surface area (Å²) in [5.41, 5.74) is 1.81. The number of hydrogen-bond donors (Lipinski definition) is 0. The molecule has 0 radical (unpaired) electrons. The van der Waals surface area contributed by atoms with Crippen molar-refractivity contribution in [2.75, 3.05) is 7.11 Å². The van der Waals surface area contributed by atoms with Crippen LogP contribution in [0.5, 0.6) is 0 Å². The molecule has 3 nitrogen and oxygen atoms in total. The van der Waals surface area contributed by atoms with Crippen LogP contribution in [0.4, 0.5) is 0 Å². The highest BCUT2D eigenvalue weighted by Gasteiger charge is 2.49. The number of esters is 1. The topological polar surface area (TPSA) is 35.5 Å². The second-order valence-electron chi connectivity index (χ2n) is 4.30. The van der Waals surface area contributed by atoms with E-state index in [4.69, 9.17) is 9.47 Å². The van der Waals surface area contributed by atoms with Crippen LogP contribution < -0.4 is 0 Å². The summed E-state index contributed by atoms with van der Waals surface area (Å²) < 4.78 is 10.8. The Bertz CT molecular complexity index is 306. The molecule has 2 atom stereocenters.